The first-order valence-electron chi connectivity index (χ1n) is 17.5. The number of hydrogen-bond donors (Lipinski definition) is 6. The first kappa shape index (κ1) is 42.3. The number of amides is 1. The van der Waals surface area contributed by atoms with Gasteiger partial charge in [-0.05, 0) is 99.5 Å². The molecule has 2 aromatic rings. The van der Waals surface area contributed by atoms with E-state index in [-0.39, 0.29) is 48.9 Å². The Morgan fingerprint density at radius 2 is 1.73 bits per heavy atom. The number of rotatable bonds is 22. The Morgan fingerprint density at radius 3 is 2.46 bits per heavy atom. The number of aliphatic hydroxyl groups is 3. The summed E-state index contributed by atoms with van der Waals surface area (Å²) in [5, 5.41) is 50.7. The van der Waals surface area contributed by atoms with Gasteiger partial charge in [0.1, 0.15) is 19.3 Å². The number of ether oxygens (including phenoxy) is 3. The molecule has 1 amide bonds. The molecule has 6 N–H and O–H groups in total. The summed E-state index contributed by atoms with van der Waals surface area (Å²) in [4.78, 5) is 41.3. The Hall–Kier alpha value is -4.15. The fraction of sp³-hybridized carbons (Fsp3) is 0.500. The number of nitrogens with zero attached hydrogens (tertiary/aromatic N) is 1. The Balaban J connectivity index is 1.35. The third kappa shape index (κ3) is 15.2. The third-order valence-corrected chi connectivity index (χ3v) is 8.89. The van der Waals surface area contributed by atoms with Crippen LogP contribution in [0.5, 0.6) is 11.5 Å². The molecule has 0 heterocycles. The van der Waals surface area contributed by atoms with Crippen molar-refractivity contribution in [2.24, 2.45) is 11.8 Å². The Kier molecular flexibility index (Phi) is 18.5. The van der Waals surface area contributed by atoms with Gasteiger partial charge in [0.2, 0.25) is 5.91 Å². The lowest BCUT2D eigenvalue weighted by molar-refractivity contribution is -0.493. The van der Waals surface area contributed by atoms with Gasteiger partial charge in [-0.3, -0.25) is 15.2 Å². The average Bonchev–Trinajstić information content (AvgIpc) is 3.40. The van der Waals surface area contributed by atoms with Crippen LogP contribution in [0.1, 0.15) is 69.4 Å². The van der Waals surface area contributed by atoms with E-state index < -0.39 is 41.7 Å². The molecule has 3 rings (SSSR count). The van der Waals surface area contributed by atoms with Crippen LogP contribution in [0.2, 0.25) is 0 Å². The number of aliphatic hydroxyl groups excluding tert-OH is 3. The number of benzene rings is 2. The van der Waals surface area contributed by atoms with E-state index in [2.05, 4.69) is 10.2 Å². The topological polar surface area (TPSA) is 205 Å². The molecule has 0 saturated heterocycles. The lowest BCUT2D eigenvalue weighted by Crippen LogP contribution is -2.40. The van der Waals surface area contributed by atoms with Gasteiger partial charge in [0.25, 0.3) is 0 Å². The molecule has 0 aliphatic heterocycles. The predicted octanol–water partition coefficient (Wildman–Crippen LogP) is 3.92. The van der Waals surface area contributed by atoms with Crippen LogP contribution in [0.25, 0.3) is 6.08 Å². The number of carbonyl (C=O) groups excluding carboxylic acids is 3. The highest BCUT2D eigenvalue weighted by molar-refractivity contribution is 5.87. The van der Waals surface area contributed by atoms with Crippen LogP contribution in [0.4, 0.5) is 0 Å². The molecule has 0 radical (unpaired) electrons. The van der Waals surface area contributed by atoms with E-state index in [4.69, 9.17) is 24.6 Å². The molecule has 14 heteroatoms. The molecule has 1 fully saturated rings. The molecule has 1 unspecified atom stereocenters. The summed E-state index contributed by atoms with van der Waals surface area (Å²) in [5.74, 6) is -1.55. The van der Waals surface area contributed by atoms with Crippen LogP contribution in [-0.2, 0) is 30.4 Å². The molecule has 52 heavy (non-hydrogen) atoms. The molecule has 0 aromatic heterocycles. The highest BCUT2D eigenvalue weighted by atomic mass is 17.1. The molecule has 1 saturated carbocycles. The largest absolute Gasteiger partial charge is 0.493 e. The van der Waals surface area contributed by atoms with Gasteiger partial charge >= 0.3 is 11.9 Å². The van der Waals surface area contributed by atoms with Gasteiger partial charge in [0, 0.05) is 12.5 Å². The maximum absolute atomic E-state index is 12.7. The number of allylic oxidation sites excluding steroid dienone is 2. The number of carbonyl (C=O) groups is 3. The number of aryl methyl sites for hydroxylation is 1. The van der Waals surface area contributed by atoms with E-state index in [1.807, 2.05) is 42.5 Å². The van der Waals surface area contributed by atoms with Crippen LogP contribution < -0.4 is 14.8 Å². The van der Waals surface area contributed by atoms with Gasteiger partial charge in [-0.15, -0.1) is 0 Å². The van der Waals surface area contributed by atoms with Crippen molar-refractivity contribution in [3.63, 3.8) is 0 Å². The quantitative estimate of drug-likeness (QED) is 0.0254. The summed E-state index contributed by atoms with van der Waals surface area (Å²) in [6.45, 7) is 1.04. The molecule has 1 aliphatic rings. The Morgan fingerprint density at radius 1 is 0.981 bits per heavy atom. The highest BCUT2D eigenvalue weighted by Gasteiger charge is 2.40. The van der Waals surface area contributed by atoms with Crippen molar-refractivity contribution in [2.75, 3.05) is 20.3 Å². The SMILES string of the molecule is COc1cc(/C=C/C(=O)OCCON(O)O)ccc1OC(=O)C(C)NC(=O)CCC/C=C\C[C@@H]1[C@@H](CC[C@@H](O)CCc2ccccc2)[C@H](O)C[C@@H]1O. The van der Waals surface area contributed by atoms with E-state index in [0.717, 1.165) is 12.5 Å². The van der Waals surface area contributed by atoms with E-state index in [0.29, 0.717) is 50.5 Å². The lowest BCUT2D eigenvalue weighted by atomic mass is 9.85. The zero-order chi connectivity index (χ0) is 37.9. The minimum atomic E-state index is -0.932. The summed E-state index contributed by atoms with van der Waals surface area (Å²) in [5.41, 5.74) is 1.72. The second-order valence-corrected chi connectivity index (χ2v) is 12.8. The number of hydrogen-bond acceptors (Lipinski definition) is 13. The standard InChI is InChI=1S/C38H52N2O12/c1-26(38(46)52-34-20-15-28(24-35(34)49-2)16-21-37(45)50-22-23-51-40(47)48)39-36(44)13-9-4-3-8-12-30-31(33(43)25-32(30)42)19-18-29(41)17-14-27-10-6-5-7-11-27/h3,5-8,10-11,15-16,20-21,24,26,29-33,41-43,47-48H,4,9,12-14,17-19,22-23,25H2,1-2H3,(H,39,44)/b8-3-,21-16+/t26?,29-,30+,31+,32-,33+/m0/s1. The lowest BCUT2D eigenvalue weighted by Gasteiger charge is -2.23. The minimum Gasteiger partial charge on any atom is -0.493 e. The van der Waals surface area contributed by atoms with Crippen LogP contribution in [0.3, 0.4) is 0 Å². The molecule has 0 bridgehead atoms. The summed E-state index contributed by atoms with van der Waals surface area (Å²) in [7, 11) is 1.39. The van der Waals surface area contributed by atoms with Gasteiger partial charge in [-0.1, -0.05) is 48.6 Å². The van der Waals surface area contributed by atoms with Gasteiger partial charge in [0.15, 0.2) is 11.5 Å². The van der Waals surface area contributed by atoms with Gasteiger partial charge in [-0.25, -0.2) is 14.4 Å². The van der Waals surface area contributed by atoms with Crippen molar-refractivity contribution in [3.05, 3.63) is 77.9 Å². The molecular weight excluding hydrogens is 676 g/mol. The molecule has 0 spiro atoms. The summed E-state index contributed by atoms with van der Waals surface area (Å²) in [6.07, 6.45) is 9.78. The number of methoxy groups -OCH3 is 1. The number of unbranched alkanes of at least 4 members (excludes halogenated alkanes) is 1. The van der Waals surface area contributed by atoms with Gasteiger partial charge in [-0.2, -0.15) is 0 Å². The van der Waals surface area contributed by atoms with Crippen LogP contribution in [0, 0.1) is 11.8 Å². The zero-order valence-corrected chi connectivity index (χ0v) is 29.7. The molecule has 1 aliphatic carbocycles. The maximum Gasteiger partial charge on any atom is 0.333 e. The van der Waals surface area contributed by atoms with E-state index in [9.17, 15) is 29.7 Å². The monoisotopic (exact) mass is 728 g/mol. The van der Waals surface area contributed by atoms with Gasteiger partial charge < -0.3 is 34.8 Å². The fourth-order valence-corrected chi connectivity index (χ4v) is 6.08. The van der Waals surface area contributed by atoms with Crippen molar-refractivity contribution in [1.29, 1.82) is 0 Å². The second kappa shape index (κ2) is 22.7. The van der Waals surface area contributed by atoms with Crippen molar-refractivity contribution in [1.82, 2.24) is 10.7 Å². The van der Waals surface area contributed by atoms with Crippen molar-refractivity contribution in [3.8, 4) is 11.5 Å². The second-order valence-electron chi connectivity index (χ2n) is 12.8. The predicted molar refractivity (Wildman–Crippen MR) is 189 cm³/mol. The number of nitrogens with one attached hydrogen (secondary N) is 1. The average molecular weight is 729 g/mol. The van der Waals surface area contributed by atoms with Crippen LogP contribution in [-0.4, -0.2) is 93.6 Å². The first-order chi connectivity index (χ1) is 25.0. The molecule has 286 valence electrons. The number of esters is 2. The Labute approximate surface area is 304 Å². The van der Waals surface area contributed by atoms with E-state index in [1.54, 1.807) is 6.07 Å². The van der Waals surface area contributed by atoms with Crippen LogP contribution >= 0.6 is 0 Å². The summed E-state index contributed by atoms with van der Waals surface area (Å²) >= 11 is 0. The van der Waals surface area contributed by atoms with Crippen molar-refractivity contribution < 1.29 is 59.2 Å². The molecule has 6 atom stereocenters. The summed E-state index contributed by atoms with van der Waals surface area (Å²) < 4.78 is 15.6. The van der Waals surface area contributed by atoms with Crippen molar-refractivity contribution >= 4 is 23.9 Å². The third-order valence-electron chi connectivity index (χ3n) is 8.89. The maximum atomic E-state index is 12.7. The highest BCUT2D eigenvalue weighted by Crippen LogP contribution is 2.38. The molecule has 14 nitrogen and oxygen atoms in total. The minimum absolute atomic E-state index is 0.0926. The molecule has 2 aromatic carbocycles. The van der Waals surface area contributed by atoms with Crippen LogP contribution in [0.15, 0.2) is 66.8 Å². The smallest absolute Gasteiger partial charge is 0.333 e. The van der Waals surface area contributed by atoms with E-state index >= 15 is 0 Å². The normalized spacial score (nSPS) is 19.9. The zero-order valence-electron chi connectivity index (χ0n) is 29.7. The Bertz CT molecular complexity index is 1450. The molecular formula is C38H52N2O12. The summed E-state index contributed by atoms with van der Waals surface area (Å²) in [6, 6.07) is 13.7. The van der Waals surface area contributed by atoms with Crippen molar-refractivity contribution in [2.45, 2.75) is 89.1 Å². The van der Waals surface area contributed by atoms with Gasteiger partial charge in [0.05, 0.1) is 30.8 Å². The first-order valence-corrected chi connectivity index (χ1v) is 17.5. The fourth-order valence-electron chi connectivity index (χ4n) is 6.08. The van der Waals surface area contributed by atoms with E-state index in [1.165, 1.54) is 37.8 Å².